The van der Waals surface area contributed by atoms with E-state index < -0.39 is 0 Å². The molecule has 1 aliphatic heterocycles. The summed E-state index contributed by atoms with van der Waals surface area (Å²) in [6.07, 6.45) is 9.59. The fourth-order valence-electron chi connectivity index (χ4n) is 3.95. The molecule has 3 heteroatoms. The number of rotatable bonds is 2. The summed E-state index contributed by atoms with van der Waals surface area (Å²) in [6.45, 7) is 11.5. The number of nitrogens with zero attached hydrogens (tertiary/aromatic N) is 1. The van der Waals surface area contributed by atoms with E-state index in [2.05, 4.69) is 24.0 Å². The van der Waals surface area contributed by atoms with E-state index in [0.717, 1.165) is 36.1 Å². The molecular weight excluding hydrogens is 296 g/mol. The normalized spacial score (nSPS) is 22.1. The predicted molar refractivity (Wildman–Crippen MR) is 97.8 cm³/mol. The molecule has 1 fully saturated rings. The number of allylic oxidation sites excluding steroid dienone is 1. The van der Waals surface area contributed by atoms with Gasteiger partial charge in [0.2, 0.25) is 0 Å². The molecular formula is C21H26N2O. The van der Waals surface area contributed by atoms with E-state index >= 15 is 0 Å². The Morgan fingerprint density at radius 2 is 1.96 bits per heavy atom. The summed E-state index contributed by atoms with van der Waals surface area (Å²) in [5, 5.41) is 3.53. The Morgan fingerprint density at radius 1 is 1.25 bits per heavy atom. The average molecular weight is 322 g/mol. The van der Waals surface area contributed by atoms with Crippen molar-refractivity contribution in [3.63, 3.8) is 0 Å². The van der Waals surface area contributed by atoms with Crippen LogP contribution in [0.15, 0.2) is 24.3 Å². The third-order valence-corrected chi connectivity index (χ3v) is 5.16. The van der Waals surface area contributed by atoms with Gasteiger partial charge in [0.1, 0.15) is 0 Å². The van der Waals surface area contributed by atoms with Gasteiger partial charge in [-0.15, -0.1) is 0 Å². The second-order valence-electron chi connectivity index (χ2n) is 7.79. The van der Waals surface area contributed by atoms with Crippen LogP contribution in [0.1, 0.15) is 63.5 Å². The van der Waals surface area contributed by atoms with E-state index in [1.807, 2.05) is 24.3 Å². The van der Waals surface area contributed by atoms with Crippen LogP contribution in [0.4, 0.5) is 5.69 Å². The highest BCUT2D eigenvalue weighted by atomic mass is 16.1. The number of hydrogen-bond acceptors (Lipinski definition) is 2. The van der Waals surface area contributed by atoms with Gasteiger partial charge in [0.15, 0.2) is 11.5 Å². The van der Waals surface area contributed by atoms with Gasteiger partial charge >= 0.3 is 0 Å². The topological polar surface area (TPSA) is 33.5 Å². The molecule has 1 aliphatic carbocycles. The van der Waals surface area contributed by atoms with Crippen LogP contribution in [0, 0.1) is 12.5 Å². The molecule has 0 radical (unpaired) electrons. The molecule has 1 aromatic rings. The number of nitrogens with one attached hydrogen (secondary N) is 1. The van der Waals surface area contributed by atoms with Crippen molar-refractivity contribution in [2.24, 2.45) is 5.92 Å². The molecule has 3 nitrogen and oxygen atoms in total. The summed E-state index contributed by atoms with van der Waals surface area (Å²) in [6, 6.07) is 5.79. The van der Waals surface area contributed by atoms with Crippen molar-refractivity contribution in [1.29, 1.82) is 0 Å². The first-order valence-corrected chi connectivity index (χ1v) is 9.03. The fourth-order valence-corrected chi connectivity index (χ4v) is 3.95. The second-order valence-corrected chi connectivity index (χ2v) is 7.79. The van der Waals surface area contributed by atoms with Crippen LogP contribution < -0.4 is 5.32 Å². The van der Waals surface area contributed by atoms with Crippen LogP contribution in [0.25, 0.3) is 10.5 Å². The number of carbonyl (C=O) groups excluding carboxylic acids is 1. The highest BCUT2D eigenvalue weighted by Gasteiger charge is 2.29. The van der Waals surface area contributed by atoms with Crippen molar-refractivity contribution in [2.75, 3.05) is 0 Å². The van der Waals surface area contributed by atoms with Crippen LogP contribution in [0.5, 0.6) is 0 Å². The zero-order valence-electron chi connectivity index (χ0n) is 14.7. The maximum atomic E-state index is 12.8. The van der Waals surface area contributed by atoms with Crippen molar-refractivity contribution in [3.05, 3.63) is 46.8 Å². The molecule has 1 saturated carbocycles. The van der Waals surface area contributed by atoms with Crippen molar-refractivity contribution in [3.8, 4) is 0 Å². The maximum absolute atomic E-state index is 12.8. The average Bonchev–Trinajstić information content (AvgIpc) is 2.82. The Balaban J connectivity index is 1.92. The standard InChI is InChI=1S/C21H26N2O/c1-21(2)14-16-12-17(22-3)10-11-18(16)19(23-21)13-20(24)15-8-6-4-5-7-9-15/h10-13,15,23H,4-9,14H2,1-2H3/b19-13-. The third-order valence-electron chi connectivity index (χ3n) is 5.16. The van der Waals surface area contributed by atoms with Gasteiger partial charge in [0.25, 0.3) is 0 Å². The minimum atomic E-state index is -0.108. The maximum Gasteiger partial charge on any atom is 0.187 e. The number of benzene rings is 1. The minimum Gasteiger partial charge on any atom is -0.379 e. The lowest BCUT2D eigenvalue weighted by Gasteiger charge is -2.36. The first-order chi connectivity index (χ1) is 11.5. The molecule has 0 amide bonds. The Labute approximate surface area is 145 Å². The Bertz CT molecular complexity index is 701. The molecule has 0 aromatic heterocycles. The van der Waals surface area contributed by atoms with Crippen molar-refractivity contribution < 1.29 is 4.79 Å². The highest BCUT2D eigenvalue weighted by molar-refractivity contribution is 5.98. The van der Waals surface area contributed by atoms with E-state index in [0.29, 0.717) is 5.69 Å². The molecule has 1 N–H and O–H groups in total. The monoisotopic (exact) mass is 322 g/mol. The first-order valence-electron chi connectivity index (χ1n) is 9.03. The summed E-state index contributed by atoms with van der Waals surface area (Å²) in [5.41, 5.74) is 3.72. The van der Waals surface area contributed by atoms with Gasteiger partial charge < -0.3 is 5.32 Å². The molecule has 0 spiro atoms. The largest absolute Gasteiger partial charge is 0.379 e. The van der Waals surface area contributed by atoms with E-state index in [1.165, 1.54) is 25.7 Å². The summed E-state index contributed by atoms with van der Waals surface area (Å²) in [7, 11) is 0. The number of carbonyl (C=O) groups is 1. The lowest BCUT2D eigenvalue weighted by Crippen LogP contribution is -2.44. The van der Waals surface area contributed by atoms with Crippen LogP contribution in [0.3, 0.4) is 0 Å². The second kappa shape index (κ2) is 6.81. The lowest BCUT2D eigenvalue weighted by molar-refractivity contribution is -0.118. The molecule has 24 heavy (non-hydrogen) atoms. The zero-order valence-corrected chi connectivity index (χ0v) is 14.7. The van der Waals surface area contributed by atoms with Crippen LogP contribution in [-0.2, 0) is 11.2 Å². The van der Waals surface area contributed by atoms with Gasteiger partial charge in [-0.1, -0.05) is 43.9 Å². The Hall–Kier alpha value is -2.08. The van der Waals surface area contributed by atoms with Crippen LogP contribution >= 0.6 is 0 Å². The Morgan fingerprint density at radius 3 is 2.62 bits per heavy atom. The summed E-state index contributed by atoms with van der Waals surface area (Å²) < 4.78 is 0. The van der Waals surface area contributed by atoms with E-state index in [9.17, 15) is 4.79 Å². The van der Waals surface area contributed by atoms with Gasteiger partial charge in [-0.25, -0.2) is 4.85 Å². The van der Waals surface area contributed by atoms with Crippen molar-refractivity contribution in [2.45, 2.75) is 64.3 Å². The van der Waals surface area contributed by atoms with Gasteiger partial charge in [-0.05, 0) is 44.2 Å². The molecule has 1 aromatic carbocycles. The minimum absolute atomic E-state index is 0.108. The lowest BCUT2D eigenvalue weighted by atomic mass is 9.84. The number of ketones is 1. The van der Waals surface area contributed by atoms with Gasteiger partial charge in [-0.2, -0.15) is 0 Å². The SMILES string of the molecule is [C-]#[N+]c1ccc2c(c1)CC(C)(C)N/C2=C\C(=O)C1CCCCCC1. The van der Waals surface area contributed by atoms with Crippen LogP contribution in [-0.4, -0.2) is 11.3 Å². The number of fused-ring (bicyclic) bond motifs is 1. The van der Waals surface area contributed by atoms with Crippen LogP contribution in [0.2, 0.25) is 0 Å². The molecule has 2 aliphatic rings. The summed E-state index contributed by atoms with van der Waals surface area (Å²) in [4.78, 5) is 16.3. The number of hydrogen-bond donors (Lipinski definition) is 1. The third kappa shape index (κ3) is 3.70. The molecule has 3 rings (SSSR count). The smallest absolute Gasteiger partial charge is 0.187 e. The van der Waals surface area contributed by atoms with Crippen molar-refractivity contribution in [1.82, 2.24) is 5.32 Å². The zero-order chi connectivity index (χ0) is 17.2. The predicted octanol–water partition coefficient (Wildman–Crippen LogP) is 5.04. The van der Waals surface area contributed by atoms with E-state index in [4.69, 9.17) is 6.57 Å². The molecule has 126 valence electrons. The van der Waals surface area contributed by atoms with Gasteiger partial charge in [0.05, 0.1) is 6.57 Å². The summed E-state index contributed by atoms with van der Waals surface area (Å²) >= 11 is 0. The van der Waals surface area contributed by atoms with E-state index in [-0.39, 0.29) is 17.2 Å². The highest BCUT2D eigenvalue weighted by Crippen LogP contribution is 2.33. The quantitative estimate of drug-likeness (QED) is 0.470. The molecule has 0 atom stereocenters. The molecule has 0 bridgehead atoms. The Kier molecular flexibility index (Phi) is 4.76. The first kappa shape index (κ1) is 16.8. The fraction of sp³-hybridized carbons (Fsp3) is 0.524. The molecule has 1 heterocycles. The van der Waals surface area contributed by atoms with Gasteiger partial charge in [0, 0.05) is 23.2 Å². The van der Waals surface area contributed by atoms with E-state index in [1.54, 1.807) is 0 Å². The van der Waals surface area contributed by atoms with Gasteiger partial charge in [-0.3, -0.25) is 4.79 Å². The molecule has 0 unspecified atom stereocenters. The molecule has 0 saturated heterocycles. The van der Waals surface area contributed by atoms with Crippen molar-refractivity contribution >= 4 is 17.2 Å². The summed E-state index contributed by atoms with van der Waals surface area (Å²) in [5.74, 6) is 0.440.